The molecule has 0 aromatic carbocycles. The molecular formula is C12H16N2O5. The van der Waals surface area contributed by atoms with Crippen LogP contribution < -0.4 is 15.2 Å². The molecule has 1 heterocycles. The summed E-state index contributed by atoms with van der Waals surface area (Å²) in [7, 11) is 1.41. The average Bonchev–Trinajstić information content (AvgIpc) is 2.38. The number of amides is 1. The predicted molar refractivity (Wildman–Crippen MR) is 65.8 cm³/mol. The first-order valence-electron chi connectivity index (χ1n) is 5.71. The van der Waals surface area contributed by atoms with Crippen LogP contribution in [-0.2, 0) is 9.53 Å². The van der Waals surface area contributed by atoms with E-state index in [2.05, 4.69) is 4.98 Å². The van der Waals surface area contributed by atoms with E-state index in [0.717, 1.165) is 0 Å². The fraction of sp³-hybridized carbons (Fsp3) is 0.417. The van der Waals surface area contributed by atoms with Gasteiger partial charge in [0.15, 0.2) is 17.2 Å². The topological polar surface area (TPSA) is 101 Å². The maximum absolute atomic E-state index is 11.2. The van der Waals surface area contributed by atoms with Gasteiger partial charge in [-0.1, -0.05) is 6.92 Å². The Morgan fingerprint density at radius 1 is 1.42 bits per heavy atom. The van der Waals surface area contributed by atoms with E-state index >= 15 is 0 Å². The number of esters is 1. The molecule has 0 radical (unpaired) electrons. The van der Waals surface area contributed by atoms with Crippen molar-refractivity contribution in [2.75, 3.05) is 13.9 Å². The van der Waals surface area contributed by atoms with Crippen molar-refractivity contribution in [3.63, 3.8) is 0 Å². The average molecular weight is 268 g/mol. The molecule has 0 bridgehead atoms. The molecule has 0 saturated heterocycles. The molecule has 1 rings (SSSR count). The third kappa shape index (κ3) is 4.13. The minimum absolute atomic E-state index is 0.0572. The SMILES string of the molecule is CCCC(=O)OCOc1c(OC)ccnc1C(N)=O. The van der Waals surface area contributed by atoms with Crippen LogP contribution in [0.3, 0.4) is 0 Å². The highest BCUT2D eigenvalue weighted by atomic mass is 16.7. The van der Waals surface area contributed by atoms with Gasteiger partial charge in [0.1, 0.15) is 0 Å². The Morgan fingerprint density at radius 2 is 2.16 bits per heavy atom. The van der Waals surface area contributed by atoms with E-state index in [-0.39, 0.29) is 30.0 Å². The summed E-state index contributed by atoms with van der Waals surface area (Å²) < 4.78 is 15.1. The molecule has 0 aliphatic carbocycles. The number of pyridine rings is 1. The number of carbonyl (C=O) groups excluding carboxylic acids is 2. The number of primary amides is 1. The van der Waals surface area contributed by atoms with Crippen LogP contribution in [0, 0.1) is 0 Å². The van der Waals surface area contributed by atoms with Gasteiger partial charge in [0.05, 0.1) is 7.11 Å². The highest BCUT2D eigenvalue weighted by Crippen LogP contribution is 2.29. The second-order valence-electron chi connectivity index (χ2n) is 3.58. The summed E-state index contributed by atoms with van der Waals surface area (Å²) in [4.78, 5) is 26.2. The summed E-state index contributed by atoms with van der Waals surface area (Å²) in [5.41, 5.74) is 5.09. The molecule has 0 atom stereocenters. The molecule has 0 aliphatic heterocycles. The van der Waals surface area contributed by atoms with Gasteiger partial charge in [-0.05, 0) is 6.42 Å². The quantitative estimate of drug-likeness (QED) is 0.581. The van der Waals surface area contributed by atoms with Crippen LogP contribution in [0.4, 0.5) is 0 Å². The van der Waals surface area contributed by atoms with Crippen molar-refractivity contribution in [2.45, 2.75) is 19.8 Å². The molecule has 0 unspecified atom stereocenters. The first kappa shape index (κ1) is 14.7. The molecular weight excluding hydrogens is 252 g/mol. The lowest BCUT2D eigenvalue weighted by molar-refractivity contribution is -0.150. The first-order chi connectivity index (χ1) is 9.10. The third-order valence-corrected chi connectivity index (χ3v) is 2.20. The number of nitrogens with zero attached hydrogens (tertiary/aromatic N) is 1. The largest absolute Gasteiger partial charge is 0.493 e. The van der Waals surface area contributed by atoms with Gasteiger partial charge >= 0.3 is 5.97 Å². The minimum atomic E-state index is -0.756. The molecule has 0 saturated carbocycles. The zero-order chi connectivity index (χ0) is 14.3. The maximum Gasteiger partial charge on any atom is 0.308 e. The first-order valence-corrected chi connectivity index (χ1v) is 5.71. The van der Waals surface area contributed by atoms with Gasteiger partial charge in [0, 0.05) is 18.7 Å². The molecule has 0 spiro atoms. The highest BCUT2D eigenvalue weighted by Gasteiger charge is 2.17. The van der Waals surface area contributed by atoms with Crippen molar-refractivity contribution in [2.24, 2.45) is 5.73 Å². The highest BCUT2D eigenvalue weighted by molar-refractivity contribution is 5.94. The van der Waals surface area contributed by atoms with Crippen LogP contribution in [0.25, 0.3) is 0 Å². The Balaban J connectivity index is 2.75. The molecule has 2 N–H and O–H groups in total. The lowest BCUT2D eigenvalue weighted by Gasteiger charge is -2.12. The van der Waals surface area contributed by atoms with Crippen molar-refractivity contribution < 1.29 is 23.8 Å². The zero-order valence-corrected chi connectivity index (χ0v) is 10.8. The predicted octanol–water partition coefficient (Wildman–Crippen LogP) is 0.869. The Kier molecular flexibility index (Phi) is 5.59. The number of ether oxygens (including phenoxy) is 3. The van der Waals surface area contributed by atoms with E-state index in [0.29, 0.717) is 12.8 Å². The number of nitrogens with two attached hydrogens (primary N) is 1. The van der Waals surface area contributed by atoms with E-state index in [1.54, 1.807) is 0 Å². The van der Waals surface area contributed by atoms with Crippen LogP contribution in [0.15, 0.2) is 12.3 Å². The summed E-state index contributed by atoms with van der Waals surface area (Å²) in [6.07, 6.45) is 2.35. The van der Waals surface area contributed by atoms with E-state index in [4.69, 9.17) is 19.9 Å². The second-order valence-corrected chi connectivity index (χ2v) is 3.58. The normalized spacial score (nSPS) is 9.79. The fourth-order valence-electron chi connectivity index (χ4n) is 1.34. The van der Waals surface area contributed by atoms with Crippen molar-refractivity contribution in [3.05, 3.63) is 18.0 Å². The zero-order valence-electron chi connectivity index (χ0n) is 10.8. The summed E-state index contributed by atoms with van der Waals surface area (Å²) in [6.45, 7) is 1.53. The molecule has 0 fully saturated rings. The Labute approximate surface area is 110 Å². The number of hydrogen-bond donors (Lipinski definition) is 1. The summed E-state index contributed by atoms with van der Waals surface area (Å²) >= 11 is 0. The molecule has 7 nitrogen and oxygen atoms in total. The van der Waals surface area contributed by atoms with Gasteiger partial charge in [-0.25, -0.2) is 4.98 Å². The van der Waals surface area contributed by atoms with Gasteiger partial charge in [0.25, 0.3) is 5.91 Å². The van der Waals surface area contributed by atoms with Crippen LogP contribution in [0.5, 0.6) is 11.5 Å². The number of aromatic nitrogens is 1. The Hall–Kier alpha value is -2.31. The van der Waals surface area contributed by atoms with Crippen LogP contribution >= 0.6 is 0 Å². The summed E-state index contributed by atoms with van der Waals surface area (Å²) in [5.74, 6) is -0.795. The van der Waals surface area contributed by atoms with E-state index in [9.17, 15) is 9.59 Å². The smallest absolute Gasteiger partial charge is 0.308 e. The van der Waals surface area contributed by atoms with Gasteiger partial charge in [-0.3, -0.25) is 9.59 Å². The monoisotopic (exact) mass is 268 g/mol. The Morgan fingerprint density at radius 3 is 2.74 bits per heavy atom. The fourth-order valence-corrected chi connectivity index (χ4v) is 1.34. The molecule has 1 aromatic rings. The van der Waals surface area contributed by atoms with Gasteiger partial charge < -0.3 is 19.9 Å². The van der Waals surface area contributed by atoms with Crippen LogP contribution in [-0.4, -0.2) is 30.8 Å². The molecule has 1 amide bonds. The van der Waals surface area contributed by atoms with Crippen molar-refractivity contribution >= 4 is 11.9 Å². The molecule has 1 aromatic heterocycles. The maximum atomic E-state index is 11.2. The van der Waals surface area contributed by atoms with E-state index < -0.39 is 5.91 Å². The molecule has 7 heteroatoms. The Bertz CT molecular complexity index is 461. The lowest BCUT2D eigenvalue weighted by atomic mass is 10.3. The summed E-state index contributed by atoms with van der Waals surface area (Å²) in [5, 5.41) is 0. The second kappa shape index (κ2) is 7.20. The third-order valence-electron chi connectivity index (χ3n) is 2.20. The number of hydrogen-bond acceptors (Lipinski definition) is 6. The van der Waals surface area contributed by atoms with Crippen molar-refractivity contribution in [1.29, 1.82) is 0 Å². The molecule has 0 aliphatic rings. The number of carbonyl (C=O) groups is 2. The van der Waals surface area contributed by atoms with Gasteiger partial charge in [-0.15, -0.1) is 0 Å². The van der Waals surface area contributed by atoms with Crippen LogP contribution in [0.1, 0.15) is 30.3 Å². The van der Waals surface area contributed by atoms with Crippen molar-refractivity contribution in [3.8, 4) is 11.5 Å². The van der Waals surface area contributed by atoms with Crippen LogP contribution in [0.2, 0.25) is 0 Å². The molecule has 104 valence electrons. The van der Waals surface area contributed by atoms with E-state index in [1.807, 2.05) is 6.92 Å². The standard InChI is InChI=1S/C12H16N2O5/c1-3-4-9(15)18-7-19-11-8(17-2)5-6-14-10(11)12(13)16/h5-6H,3-4,7H2,1-2H3,(H2,13,16). The summed E-state index contributed by atoms with van der Waals surface area (Å²) in [6, 6.07) is 1.51. The number of methoxy groups -OCH3 is 1. The number of rotatable bonds is 7. The van der Waals surface area contributed by atoms with Crippen molar-refractivity contribution in [1.82, 2.24) is 4.98 Å². The van der Waals surface area contributed by atoms with Gasteiger partial charge in [0.2, 0.25) is 6.79 Å². The lowest BCUT2D eigenvalue weighted by Crippen LogP contribution is -2.17. The molecule has 19 heavy (non-hydrogen) atoms. The van der Waals surface area contributed by atoms with E-state index in [1.165, 1.54) is 19.4 Å². The minimum Gasteiger partial charge on any atom is -0.493 e. The van der Waals surface area contributed by atoms with Gasteiger partial charge in [-0.2, -0.15) is 0 Å².